The van der Waals surface area contributed by atoms with E-state index >= 15 is 0 Å². The van der Waals surface area contributed by atoms with Crippen LogP contribution in [0.5, 0.6) is 0 Å². The molecule has 9 atom stereocenters. The van der Waals surface area contributed by atoms with Crippen molar-refractivity contribution in [2.45, 2.75) is 82.9 Å². The van der Waals surface area contributed by atoms with Gasteiger partial charge in [-0.25, -0.2) is 0 Å². The fourth-order valence-electron chi connectivity index (χ4n) is 4.24. The van der Waals surface area contributed by atoms with Crippen LogP contribution >= 0.6 is 0 Å². The molecule has 1 aliphatic carbocycles. The monoisotopic (exact) mass is 412 g/mol. The number of esters is 1. The van der Waals surface area contributed by atoms with E-state index in [1.807, 2.05) is 26.8 Å². The second kappa shape index (κ2) is 9.24. The average molecular weight is 412 g/mol. The Hall–Kier alpha value is -1.29. The molecule has 0 bridgehead atoms. The third-order valence-electron chi connectivity index (χ3n) is 6.28. The minimum absolute atomic E-state index is 0.103. The van der Waals surface area contributed by atoms with Gasteiger partial charge in [-0.3, -0.25) is 4.79 Å². The molecule has 3 aliphatic rings. The zero-order valence-corrected chi connectivity index (χ0v) is 17.1. The molecule has 0 aromatic heterocycles. The molecule has 29 heavy (non-hydrogen) atoms. The molecule has 3 rings (SSSR count). The van der Waals surface area contributed by atoms with E-state index in [1.54, 1.807) is 0 Å². The van der Waals surface area contributed by atoms with Crippen molar-refractivity contribution < 1.29 is 39.4 Å². The first kappa shape index (κ1) is 22.4. The maximum absolute atomic E-state index is 12.2. The van der Waals surface area contributed by atoms with Crippen molar-refractivity contribution in [3.05, 3.63) is 23.3 Å². The van der Waals surface area contributed by atoms with Crippen LogP contribution in [0.4, 0.5) is 0 Å². The summed E-state index contributed by atoms with van der Waals surface area (Å²) >= 11 is 0. The van der Waals surface area contributed by atoms with Gasteiger partial charge in [-0.15, -0.1) is 0 Å². The van der Waals surface area contributed by atoms with E-state index in [4.69, 9.17) is 14.2 Å². The van der Waals surface area contributed by atoms with E-state index in [-0.39, 0.29) is 23.9 Å². The van der Waals surface area contributed by atoms with Crippen molar-refractivity contribution in [3.63, 3.8) is 0 Å². The first-order valence-corrected chi connectivity index (χ1v) is 10.2. The lowest BCUT2D eigenvalue weighted by molar-refractivity contribution is -0.309. The molecule has 4 N–H and O–H groups in total. The second-order valence-corrected chi connectivity index (χ2v) is 8.41. The lowest BCUT2D eigenvalue weighted by atomic mass is 9.83. The van der Waals surface area contributed by atoms with Gasteiger partial charge in [0.05, 0.1) is 18.6 Å². The summed E-state index contributed by atoms with van der Waals surface area (Å²) in [5.74, 6) is -0.637. The Morgan fingerprint density at radius 2 is 1.90 bits per heavy atom. The number of ether oxygens (including phenoxy) is 3. The highest BCUT2D eigenvalue weighted by Gasteiger charge is 2.47. The smallest absolute Gasteiger partial charge is 0.309 e. The molecule has 2 aliphatic heterocycles. The molecular weight excluding hydrogens is 380 g/mol. The SMILES string of the molecule is C/C1=C/[C@H]2OC(=O)[C@@H](C)[C@@H]2C[C@H](O[C@@H]2O[C@H](CO)[C@@H](O)[C@H](O)[C@H]2O)/C(C)=C\CC1. The van der Waals surface area contributed by atoms with Crippen LogP contribution in [0.15, 0.2) is 23.3 Å². The molecule has 164 valence electrons. The standard InChI is InChI=1S/C21H32O8/c1-10-5-4-6-11(2)14(8-13-12(3)20(26)27-15(13)7-10)28-21-19(25)18(24)17(23)16(9-22)29-21/h6-7,12-19,21-25H,4-5,8-9H2,1-3H3/b10-7-,11-6-/t12-,13-,14-,15+,16+,17+,18-,19+,21+/m0/s1. The maximum Gasteiger partial charge on any atom is 0.309 e. The molecule has 0 radical (unpaired) electrons. The Morgan fingerprint density at radius 3 is 2.59 bits per heavy atom. The molecule has 0 aromatic carbocycles. The van der Waals surface area contributed by atoms with Gasteiger partial charge in [0.2, 0.25) is 0 Å². The van der Waals surface area contributed by atoms with Crippen molar-refractivity contribution in [1.82, 2.24) is 0 Å². The van der Waals surface area contributed by atoms with E-state index < -0.39 is 43.4 Å². The zero-order valence-electron chi connectivity index (χ0n) is 17.1. The minimum atomic E-state index is -1.50. The van der Waals surface area contributed by atoms with Gasteiger partial charge in [0, 0.05) is 5.92 Å². The van der Waals surface area contributed by atoms with Gasteiger partial charge >= 0.3 is 5.97 Å². The summed E-state index contributed by atoms with van der Waals surface area (Å²) in [4.78, 5) is 12.2. The van der Waals surface area contributed by atoms with Gasteiger partial charge in [0.15, 0.2) is 6.29 Å². The van der Waals surface area contributed by atoms with Gasteiger partial charge in [0.1, 0.15) is 30.5 Å². The molecule has 2 fully saturated rings. The molecule has 0 aromatic rings. The quantitative estimate of drug-likeness (QED) is 0.388. The first-order valence-electron chi connectivity index (χ1n) is 10.2. The Labute approximate surface area is 170 Å². The lowest BCUT2D eigenvalue weighted by Gasteiger charge is -2.41. The molecule has 0 spiro atoms. The fraction of sp³-hybridized carbons (Fsp3) is 0.762. The van der Waals surface area contributed by atoms with Gasteiger partial charge in [-0.05, 0) is 44.8 Å². The summed E-state index contributed by atoms with van der Waals surface area (Å²) < 4.78 is 17.1. The van der Waals surface area contributed by atoms with Crippen molar-refractivity contribution in [2.24, 2.45) is 11.8 Å². The van der Waals surface area contributed by atoms with E-state index in [0.29, 0.717) is 6.42 Å². The Morgan fingerprint density at radius 1 is 1.17 bits per heavy atom. The predicted octanol–water partition coefficient (Wildman–Crippen LogP) is 0.426. The summed E-state index contributed by atoms with van der Waals surface area (Å²) in [6, 6.07) is 0. The lowest BCUT2D eigenvalue weighted by Crippen LogP contribution is -2.59. The molecule has 2 saturated heterocycles. The van der Waals surface area contributed by atoms with Crippen molar-refractivity contribution >= 4 is 5.97 Å². The summed E-state index contributed by atoms with van der Waals surface area (Å²) in [5.41, 5.74) is 2.10. The first-order chi connectivity index (χ1) is 13.7. The van der Waals surface area contributed by atoms with Crippen molar-refractivity contribution in [1.29, 1.82) is 0 Å². The minimum Gasteiger partial charge on any atom is -0.458 e. The molecule has 8 nitrogen and oxygen atoms in total. The van der Waals surface area contributed by atoms with Crippen LogP contribution in [0.25, 0.3) is 0 Å². The zero-order chi connectivity index (χ0) is 21.3. The number of fused-ring (bicyclic) bond motifs is 1. The van der Waals surface area contributed by atoms with Gasteiger partial charge < -0.3 is 34.6 Å². The van der Waals surface area contributed by atoms with Crippen LogP contribution in [0.2, 0.25) is 0 Å². The number of carbonyl (C=O) groups excluding carboxylic acids is 1. The van der Waals surface area contributed by atoms with Gasteiger partial charge in [0.25, 0.3) is 0 Å². The van der Waals surface area contributed by atoms with Crippen LogP contribution < -0.4 is 0 Å². The van der Waals surface area contributed by atoms with Crippen LogP contribution in [0, 0.1) is 11.8 Å². The van der Waals surface area contributed by atoms with Crippen LogP contribution in [-0.2, 0) is 19.0 Å². The Balaban J connectivity index is 1.82. The number of aliphatic hydroxyl groups excluding tert-OH is 4. The van der Waals surface area contributed by atoms with Crippen molar-refractivity contribution in [3.8, 4) is 0 Å². The summed E-state index contributed by atoms with van der Waals surface area (Å²) in [6.45, 7) is 5.28. The summed E-state index contributed by atoms with van der Waals surface area (Å²) in [5, 5.41) is 39.7. The van der Waals surface area contributed by atoms with Gasteiger partial charge in [-0.2, -0.15) is 0 Å². The number of allylic oxidation sites excluding steroid dienone is 2. The van der Waals surface area contributed by atoms with E-state index in [0.717, 1.165) is 18.4 Å². The third-order valence-corrected chi connectivity index (χ3v) is 6.28. The number of carbonyl (C=O) groups is 1. The highest BCUT2D eigenvalue weighted by molar-refractivity contribution is 5.75. The van der Waals surface area contributed by atoms with Gasteiger partial charge in [-0.1, -0.05) is 18.6 Å². The molecule has 2 heterocycles. The summed E-state index contributed by atoms with van der Waals surface area (Å²) in [6.07, 6.45) is -1.29. The van der Waals surface area contributed by atoms with Crippen LogP contribution in [0.3, 0.4) is 0 Å². The molecule has 0 saturated carbocycles. The van der Waals surface area contributed by atoms with E-state index in [9.17, 15) is 25.2 Å². The second-order valence-electron chi connectivity index (χ2n) is 8.41. The fourth-order valence-corrected chi connectivity index (χ4v) is 4.24. The predicted molar refractivity (Wildman–Crippen MR) is 103 cm³/mol. The maximum atomic E-state index is 12.2. The average Bonchev–Trinajstić information content (AvgIpc) is 2.94. The molecular formula is C21H32O8. The molecule has 0 unspecified atom stereocenters. The van der Waals surface area contributed by atoms with Crippen LogP contribution in [-0.4, -0.2) is 75.9 Å². The van der Waals surface area contributed by atoms with E-state index in [2.05, 4.69) is 6.08 Å². The van der Waals surface area contributed by atoms with Crippen LogP contribution in [0.1, 0.15) is 40.0 Å². The Kier molecular flexibility index (Phi) is 7.14. The topological polar surface area (TPSA) is 126 Å². The summed E-state index contributed by atoms with van der Waals surface area (Å²) in [7, 11) is 0. The highest BCUT2D eigenvalue weighted by atomic mass is 16.7. The highest BCUT2D eigenvalue weighted by Crippen LogP contribution is 2.37. The number of hydrogen-bond acceptors (Lipinski definition) is 8. The van der Waals surface area contributed by atoms with Crippen molar-refractivity contribution in [2.75, 3.05) is 6.61 Å². The largest absolute Gasteiger partial charge is 0.458 e. The Bertz CT molecular complexity index is 657. The molecule has 8 heteroatoms. The van der Waals surface area contributed by atoms with E-state index in [1.165, 1.54) is 5.57 Å². The normalized spacial score (nSPS) is 47.4. The number of rotatable bonds is 3. The number of hydrogen-bond donors (Lipinski definition) is 4. The third kappa shape index (κ3) is 4.73. The number of aliphatic hydroxyl groups is 4. The molecule has 0 amide bonds.